The number of benzene rings is 3. The van der Waals surface area contributed by atoms with Crippen molar-refractivity contribution in [3.05, 3.63) is 84.1 Å². The molecule has 0 aliphatic rings. The highest BCUT2D eigenvalue weighted by molar-refractivity contribution is 5.88. The lowest BCUT2D eigenvalue weighted by Gasteiger charge is -2.21. The zero-order chi connectivity index (χ0) is 22.7. The van der Waals surface area contributed by atoms with E-state index in [4.69, 9.17) is 15.2 Å². The van der Waals surface area contributed by atoms with Gasteiger partial charge in [-0.15, -0.1) is 0 Å². The minimum absolute atomic E-state index is 0.168. The molecular formula is C27H28N2O3. The molecule has 0 aliphatic carbocycles. The van der Waals surface area contributed by atoms with Gasteiger partial charge in [0.05, 0.1) is 12.8 Å². The van der Waals surface area contributed by atoms with E-state index in [1.807, 2.05) is 56.6 Å². The van der Waals surface area contributed by atoms with E-state index in [0.717, 1.165) is 33.2 Å². The van der Waals surface area contributed by atoms with Crippen LogP contribution in [-0.4, -0.2) is 17.6 Å². The summed E-state index contributed by atoms with van der Waals surface area (Å²) in [6, 6.07) is 22.5. The predicted molar refractivity (Wildman–Crippen MR) is 129 cm³/mol. The molecule has 0 radical (unpaired) electrons. The number of methoxy groups -OCH3 is 1. The Morgan fingerprint density at radius 1 is 1.06 bits per heavy atom. The molecule has 0 bridgehead atoms. The fourth-order valence-corrected chi connectivity index (χ4v) is 3.97. The average Bonchev–Trinajstić information content (AvgIpc) is 3.19. The molecule has 164 valence electrons. The maximum absolute atomic E-state index is 11.7. The molecule has 4 aromatic rings. The van der Waals surface area contributed by atoms with Crippen molar-refractivity contribution in [2.24, 2.45) is 7.05 Å². The molecule has 32 heavy (non-hydrogen) atoms. The van der Waals surface area contributed by atoms with Crippen molar-refractivity contribution in [1.29, 1.82) is 0 Å². The van der Waals surface area contributed by atoms with Gasteiger partial charge in [-0.25, -0.2) is 0 Å². The third-order valence-electron chi connectivity index (χ3n) is 5.78. The number of nitrogen functional groups attached to an aromatic ring is 1. The summed E-state index contributed by atoms with van der Waals surface area (Å²) in [5, 5.41) is 1.14. The van der Waals surface area contributed by atoms with Crippen molar-refractivity contribution >= 4 is 22.6 Å². The number of aromatic nitrogens is 1. The van der Waals surface area contributed by atoms with Crippen molar-refractivity contribution in [3.63, 3.8) is 0 Å². The van der Waals surface area contributed by atoms with Gasteiger partial charge in [0.2, 0.25) is 0 Å². The van der Waals surface area contributed by atoms with Gasteiger partial charge in [0.15, 0.2) is 5.75 Å². The molecule has 0 saturated carbocycles. The molecule has 1 atom stereocenters. The summed E-state index contributed by atoms with van der Waals surface area (Å²) in [5.74, 6) is 0.410. The van der Waals surface area contributed by atoms with E-state index in [0.29, 0.717) is 24.3 Å². The van der Waals surface area contributed by atoms with Crippen LogP contribution in [0, 0.1) is 0 Å². The number of anilines is 1. The number of nitrogens with zero attached hydrogens (tertiary/aromatic N) is 1. The molecule has 1 unspecified atom stereocenters. The highest BCUT2D eigenvalue weighted by Gasteiger charge is 2.17. The molecule has 4 rings (SSSR count). The first-order valence-electron chi connectivity index (χ1n) is 10.7. The van der Waals surface area contributed by atoms with Crippen LogP contribution in [0.15, 0.2) is 72.9 Å². The zero-order valence-electron chi connectivity index (χ0n) is 18.7. The van der Waals surface area contributed by atoms with Crippen LogP contribution in [0.4, 0.5) is 5.69 Å². The Morgan fingerprint density at radius 2 is 1.84 bits per heavy atom. The normalized spacial score (nSPS) is 12.0. The van der Waals surface area contributed by atoms with Crippen LogP contribution in [0.5, 0.6) is 5.75 Å². The maximum atomic E-state index is 11.7. The van der Waals surface area contributed by atoms with Gasteiger partial charge in [-0.05, 0) is 60.4 Å². The molecule has 5 nitrogen and oxygen atoms in total. The number of aryl methyl sites for hydroxylation is 2. The van der Waals surface area contributed by atoms with Crippen LogP contribution < -0.4 is 10.5 Å². The fraction of sp³-hybridized carbons (Fsp3) is 0.222. The Labute approximate surface area is 188 Å². The minimum atomic E-state index is -0.242. The largest absolute Gasteiger partial charge is 0.483 e. The number of carbonyl (C=O) groups excluding carboxylic acids is 1. The van der Waals surface area contributed by atoms with Crippen LogP contribution in [0.1, 0.15) is 30.6 Å². The maximum Gasteiger partial charge on any atom is 0.305 e. The molecule has 0 spiro atoms. The third kappa shape index (κ3) is 4.47. The number of rotatable bonds is 7. The van der Waals surface area contributed by atoms with E-state index in [2.05, 4.69) is 34.9 Å². The Balaban J connectivity index is 1.77. The summed E-state index contributed by atoms with van der Waals surface area (Å²) in [4.78, 5) is 11.7. The quantitative estimate of drug-likeness (QED) is 0.304. The standard InChI is InChI=1S/C27H28N2O3/c1-18(20-7-5-4-6-8-20)32-27-23(15-19(16-24(27)28)9-12-26(30)31-3)21-10-11-25-22(17-21)13-14-29(25)2/h4-8,10-11,13-18H,9,12,28H2,1-3H3. The monoisotopic (exact) mass is 428 g/mol. The number of hydrogen-bond acceptors (Lipinski definition) is 4. The van der Waals surface area contributed by atoms with E-state index in [1.54, 1.807) is 0 Å². The van der Waals surface area contributed by atoms with Gasteiger partial charge in [-0.2, -0.15) is 0 Å². The van der Waals surface area contributed by atoms with Gasteiger partial charge >= 0.3 is 5.97 Å². The Kier molecular flexibility index (Phi) is 6.17. The Bertz CT molecular complexity index is 1240. The molecule has 2 N–H and O–H groups in total. The van der Waals surface area contributed by atoms with Crippen molar-refractivity contribution < 1.29 is 14.3 Å². The highest BCUT2D eigenvalue weighted by Crippen LogP contribution is 2.40. The molecule has 0 amide bonds. The molecule has 0 saturated heterocycles. The number of nitrogens with two attached hydrogens (primary N) is 1. The number of hydrogen-bond donors (Lipinski definition) is 1. The molecule has 3 aromatic carbocycles. The minimum Gasteiger partial charge on any atom is -0.483 e. The lowest BCUT2D eigenvalue weighted by atomic mass is 9.97. The Hall–Kier alpha value is -3.73. The van der Waals surface area contributed by atoms with Crippen molar-refractivity contribution in [3.8, 4) is 16.9 Å². The van der Waals surface area contributed by atoms with E-state index < -0.39 is 0 Å². The van der Waals surface area contributed by atoms with Gasteiger partial charge in [0, 0.05) is 36.1 Å². The van der Waals surface area contributed by atoms with Gasteiger partial charge in [0.25, 0.3) is 0 Å². The second kappa shape index (κ2) is 9.18. The molecule has 0 fully saturated rings. The summed E-state index contributed by atoms with van der Waals surface area (Å²) >= 11 is 0. The first-order chi connectivity index (χ1) is 15.5. The number of ether oxygens (including phenoxy) is 2. The molecule has 0 aliphatic heterocycles. The number of fused-ring (bicyclic) bond motifs is 1. The molecule has 5 heteroatoms. The summed E-state index contributed by atoms with van der Waals surface area (Å²) in [5.41, 5.74) is 12.2. The van der Waals surface area contributed by atoms with E-state index in [-0.39, 0.29) is 12.1 Å². The zero-order valence-corrected chi connectivity index (χ0v) is 18.7. The smallest absolute Gasteiger partial charge is 0.305 e. The second-order valence-corrected chi connectivity index (χ2v) is 8.01. The third-order valence-corrected chi connectivity index (χ3v) is 5.78. The van der Waals surface area contributed by atoms with Gasteiger partial charge < -0.3 is 19.8 Å². The van der Waals surface area contributed by atoms with Gasteiger partial charge in [-0.3, -0.25) is 4.79 Å². The molecular weight excluding hydrogens is 400 g/mol. The van der Waals surface area contributed by atoms with Crippen LogP contribution in [0.2, 0.25) is 0 Å². The summed E-state index contributed by atoms with van der Waals surface area (Å²) in [6.45, 7) is 2.02. The van der Waals surface area contributed by atoms with Crippen molar-refractivity contribution in [2.75, 3.05) is 12.8 Å². The van der Waals surface area contributed by atoms with Crippen LogP contribution in [0.25, 0.3) is 22.0 Å². The number of esters is 1. The van der Waals surface area contributed by atoms with Crippen LogP contribution in [-0.2, 0) is 23.0 Å². The van der Waals surface area contributed by atoms with Gasteiger partial charge in [0.1, 0.15) is 6.10 Å². The van der Waals surface area contributed by atoms with E-state index >= 15 is 0 Å². The topological polar surface area (TPSA) is 66.5 Å². The fourth-order valence-electron chi connectivity index (χ4n) is 3.97. The van der Waals surface area contributed by atoms with Crippen LogP contribution in [0.3, 0.4) is 0 Å². The van der Waals surface area contributed by atoms with Crippen molar-refractivity contribution in [2.45, 2.75) is 25.9 Å². The Morgan fingerprint density at radius 3 is 2.59 bits per heavy atom. The van der Waals surface area contributed by atoms with Gasteiger partial charge in [-0.1, -0.05) is 36.4 Å². The summed E-state index contributed by atoms with van der Waals surface area (Å²) in [6.07, 6.45) is 2.73. The SMILES string of the molecule is COC(=O)CCc1cc(N)c(OC(C)c2ccccc2)c(-c2ccc3c(ccn3C)c2)c1. The number of carbonyl (C=O) groups is 1. The lowest BCUT2D eigenvalue weighted by molar-refractivity contribution is -0.140. The highest BCUT2D eigenvalue weighted by atomic mass is 16.5. The first-order valence-corrected chi connectivity index (χ1v) is 10.7. The first kappa shape index (κ1) is 21.5. The molecule has 1 heterocycles. The lowest BCUT2D eigenvalue weighted by Crippen LogP contribution is -2.07. The van der Waals surface area contributed by atoms with Crippen LogP contribution >= 0.6 is 0 Å². The van der Waals surface area contributed by atoms with E-state index in [9.17, 15) is 4.79 Å². The predicted octanol–water partition coefficient (Wildman–Crippen LogP) is 5.67. The molecule has 1 aromatic heterocycles. The second-order valence-electron chi connectivity index (χ2n) is 8.01. The summed E-state index contributed by atoms with van der Waals surface area (Å²) in [7, 11) is 3.43. The van der Waals surface area contributed by atoms with Crippen molar-refractivity contribution in [1.82, 2.24) is 4.57 Å². The van der Waals surface area contributed by atoms with E-state index in [1.165, 1.54) is 7.11 Å². The average molecular weight is 429 g/mol. The summed E-state index contributed by atoms with van der Waals surface area (Å²) < 4.78 is 13.3.